The summed E-state index contributed by atoms with van der Waals surface area (Å²) in [6, 6.07) is 12.2. The highest BCUT2D eigenvalue weighted by Crippen LogP contribution is 2.27. The van der Waals surface area contributed by atoms with E-state index in [1.165, 1.54) is 0 Å². The third-order valence-corrected chi connectivity index (χ3v) is 4.11. The molecule has 1 aliphatic rings. The summed E-state index contributed by atoms with van der Waals surface area (Å²) in [5.74, 6) is 0.811. The minimum atomic E-state index is 0.0167. The van der Waals surface area contributed by atoms with Crippen molar-refractivity contribution in [2.75, 3.05) is 26.9 Å². The molecular weight excluding hydrogens is 292 g/mol. The largest absolute Gasteiger partial charge is 0.496 e. The summed E-state index contributed by atoms with van der Waals surface area (Å²) >= 11 is 0. The number of ether oxygens (including phenoxy) is 2. The molecule has 1 amide bonds. The maximum Gasteiger partial charge on any atom is 0.221 e. The fraction of sp³-hybridized carbons (Fsp3) is 0.389. The minimum absolute atomic E-state index is 0.0167. The van der Waals surface area contributed by atoms with E-state index in [0.717, 1.165) is 28.6 Å². The molecule has 0 aromatic heterocycles. The first-order chi connectivity index (χ1) is 11.3. The molecule has 1 heterocycles. The molecule has 0 spiro atoms. The van der Waals surface area contributed by atoms with Gasteiger partial charge in [-0.2, -0.15) is 0 Å². The SMILES string of the molecule is COc1ccc2ccccc2c1CNC(=O)CC1COCCN1. The van der Waals surface area contributed by atoms with E-state index in [9.17, 15) is 4.79 Å². The Morgan fingerprint density at radius 3 is 3.00 bits per heavy atom. The molecule has 122 valence electrons. The lowest BCUT2D eigenvalue weighted by atomic mass is 10.0. The first-order valence-corrected chi connectivity index (χ1v) is 7.90. The molecule has 0 saturated carbocycles. The number of fused-ring (bicyclic) bond motifs is 1. The molecule has 0 aliphatic carbocycles. The third-order valence-electron chi connectivity index (χ3n) is 4.11. The van der Waals surface area contributed by atoms with Crippen LogP contribution in [0.1, 0.15) is 12.0 Å². The van der Waals surface area contributed by atoms with Gasteiger partial charge >= 0.3 is 0 Å². The van der Waals surface area contributed by atoms with Crippen LogP contribution in [0.15, 0.2) is 36.4 Å². The lowest BCUT2D eigenvalue weighted by Gasteiger charge is -2.23. The number of nitrogens with one attached hydrogen (secondary N) is 2. The zero-order valence-electron chi connectivity index (χ0n) is 13.3. The summed E-state index contributed by atoms with van der Waals surface area (Å²) in [6.07, 6.45) is 0.424. The molecule has 5 nitrogen and oxygen atoms in total. The van der Waals surface area contributed by atoms with Crippen molar-refractivity contribution in [3.63, 3.8) is 0 Å². The number of rotatable bonds is 5. The monoisotopic (exact) mass is 314 g/mol. The van der Waals surface area contributed by atoms with E-state index >= 15 is 0 Å². The smallest absolute Gasteiger partial charge is 0.221 e. The van der Waals surface area contributed by atoms with Crippen molar-refractivity contribution >= 4 is 16.7 Å². The molecule has 5 heteroatoms. The summed E-state index contributed by atoms with van der Waals surface area (Å²) in [5.41, 5.74) is 1.01. The Hall–Kier alpha value is -2.11. The number of benzene rings is 2. The summed E-state index contributed by atoms with van der Waals surface area (Å²) in [7, 11) is 1.65. The van der Waals surface area contributed by atoms with Gasteiger partial charge in [0.05, 0.1) is 20.3 Å². The van der Waals surface area contributed by atoms with Crippen molar-refractivity contribution in [3.8, 4) is 5.75 Å². The van der Waals surface area contributed by atoms with Crippen LogP contribution in [0.3, 0.4) is 0 Å². The predicted octanol–water partition coefficient (Wildman–Crippen LogP) is 1.84. The molecule has 1 aliphatic heterocycles. The lowest BCUT2D eigenvalue weighted by Crippen LogP contribution is -2.44. The van der Waals surface area contributed by atoms with Crippen molar-refractivity contribution < 1.29 is 14.3 Å². The zero-order chi connectivity index (χ0) is 16.1. The van der Waals surface area contributed by atoms with Gasteiger partial charge in [-0.25, -0.2) is 0 Å². The maximum absolute atomic E-state index is 12.2. The summed E-state index contributed by atoms with van der Waals surface area (Å²) in [6.45, 7) is 2.56. The fourth-order valence-corrected chi connectivity index (χ4v) is 2.92. The second kappa shape index (κ2) is 7.44. The van der Waals surface area contributed by atoms with Crippen LogP contribution in [0, 0.1) is 0 Å². The number of hydrogen-bond acceptors (Lipinski definition) is 4. The van der Waals surface area contributed by atoms with Crippen LogP contribution in [-0.2, 0) is 16.1 Å². The van der Waals surface area contributed by atoms with Crippen molar-refractivity contribution in [1.29, 1.82) is 0 Å². The first kappa shape index (κ1) is 15.8. The van der Waals surface area contributed by atoms with Gasteiger partial charge in [0.1, 0.15) is 5.75 Å². The van der Waals surface area contributed by atoms with Gasteiger partial charge in [0.2, 0.25) is 5.91 Å². The van der Waals surface area contributed by atoms with Crippen LogP contribution in [0.25, 0.3) is 10.8 Å². The van der Waals surface area contributed by atoms with Gasteiger partial charge in [-0.15, -0.1) is 0 Å². The van der Waals surface area contributed by atoms with Gasteiger partial charge in [0, 0.05) is 31.1 Å². The lowest BCUT2D eigenvalue weighted by molar-refractivity contribution is -0.122. The standard InChI is InChI=1S/C18H22N2O3/c1-22-17-7-6-13-4-2-3-5-15(13)16(17)11-20-18(21)10-14-12-23-9-8-19-14/h2-7,14,19H,8-12H2,1H3,(H,20,21). The van der Waals surface area contributed by atoms with E-state index in [2.05, 4.69) is 22.8 Å². The molecule has 1 saturated heterocycles. The van der Waals surface area contributed by atoms with Gasteiger partial charge < -0.3 is 20.1 Å². The summed E-state index contributed by atoms with van der Waals surface area (Å²) in [4.78, 5) is 12.2. The van der Waals surface area contributed by atoms with Gasteiger partial charge in [-0.05, 0) is 16.8 Å². The Kier molecular flexibility index (Phi) is 5.10. The van der Waals surface area contributed by atoms with Gasteiger partial charge in [-0.3, -0.25) is 4.79 Å². The average Bonchev–Trinajstić information content (AvgIpc) is 2.60. The van der Waals surface area contributed by atoms with Crippen LogP contribution < -0.4 is 15.4 Å². The van der Waals surface area contributed by atoms with Crippen LogP contribution in [0.5, 0.6) is 5.75 Å². The van der Waals surface area contributed by atoms with Crippen molar-refractivity contribution in [2.24, 2.45) is 0 Å². The van der Waals surface area contributed by atoms with Crippen molar-refractivity contribution in [2.45, 2.75) is 19.0 Å². The van der Waals surface area contributed by atoms with E-state index in [-0.39, 0.29) is 11.9 Å². The normalized spacial score (nSPS) is 17.9. The molecule has 0 radical (unpaired) electrons. The highest BCUT2D eigenvalue weighted by atomic mass is 16.5. The van der Waals surface area contributed by atoms with Crippen molar-refractivity contribution in [3.05, 3.63) is 42.0 Å². The zero-order valence-corrected chi connectivity index (χ0v) is 13.3. The molecule has 2 N–H and O–H groups in total. The first-order valence-electron chi connectivity index (χ1n) is 7.90. The number of methoxy groups -OCH3 is 1. The quantitative estimate of drug-likeness (QED) is 0.884. The Labute approximate surface area is 136 Å². The molecule has 1 atom stereocenters. The molecule has 1 unspecified atom stereocenters. The predicted molar refractivity (Wildman–Crippen MR) is 89.6 cm³/mol. The second-order valence-corrected chi connectivity index (χ2v) is 5.67. The number of amides is 1. The number of carbonyl (C=O) groups excluding carboxylic acids is 1. The van der Waals surface area contributed by atoms with E-state index in [1.54, 1.807) is 7.11 Å². The Bertz CT molecular complexity index is 681. The van der Waals surface area contributed by atoms with Gasteiger partial charge in [0.15, 0.2) is 0 Å². The molecule has 2 aromatic carbocycles. The Balaban J connectivity index is 1.69. The minimum Gasteiger partial charge on any atom is -0.496 e. The fourth-order valence-electron chi connectivity index (χ4n) is 2.92. The average molecular weight is 314 g/mol. The van der Waals surface area contributed by atoms with Crippen LogP contribution in [0.2, 0.25) is 0 Å². The molecular formula is C18H22N2O3. The highest BCUT2D eigenvalue weighted by molar-refractivity contribution is 5.88. The second-order valence-electron chi connectivity index (χ2n) is 5.67. The molecule has 3 rings (SSSR count). The molecule has 2 aromatic rings. The topological polar surface area (TPSA) is 59.6 Å². The Morgan fingerprint density at radius 1 is 1.35 bits per heavy atom. The number of hydrogen-bond donors (Lipinski definition) is 2. The number of carbonyl (C=O) groups is 1. The maximum atomic E-state index is 12.2. The summed E-state index contributed by atoms with van der Waals surface area (Å²) in [5, 5.41) is 8.53. The van der Waals surface area contributed by atoms with E-state index in [1.807, 2.05) is 24.3 Å². The molecule has 23 heavy (non-hydrogen) atoms. The third kappa shape index (κ3) is 3.81. The Morgan fingerprint density at radius 2 is 2.22 bits per heavy atom. The molecule has 1 fully saturated rings. The van der Waals surface area contributed by atoms with Crippen LogP contribution in [-0.4, -0.2) is 38.8 Å². The van der Waals surface area contributed by atoms with Crippen LogP contribution in [0.4, 0.5) is 0 Å². The van der Waals surface area contributed by atoms with Crippen molar-refractivity contribution in [1.82, 2.24) is 10.6 Å². The van der Waals surface area contributed by atoms with E-state index in [4.69, 9.17) is 9.47 Å². The van der Waals surface area contributed by atoms with E-state index in [0.29, 0.717) is 26.2 Å². The number of morpholine rings is 1. The van der Waals surface area contributed by atoms with E-state index < -0.39 is 0 Å². The van der Waals surface area contributed by atoms with Gasteiger partial charge in [0.25, 0.3) is 0 Å². The highest BCUT2D eigenvalue weighted by Gasteiger charge is 2.17. The van der Waals surface area contributed by atoms with Gasteiger partial charge in [-0.1, -0.05) is 30.3 Å². The molecule has 0 bridgehead atoms. The van der Waals surface area contributed by atoms with Crippen LogP contribution >= 0.6 is 0 Å². The summed E-state index contributed by atoms with van der Waals surface area (Å²) < 4.78 is 10.8.